The van der Waals surface area contributed by atoms with E-state index in [9.17, 15) is 15.3 Å². The van der Waals surface area contributed by atoms with Crippen molar-refractivity contribution in [2.45, 2.75) is 13.5 Å². The maximum Gasteiger partial charge on any atom is 0.128 e. The van der Waals surface area contributed by atoms with E-state index in [0.29, 0.717) is 41.2 Å². The maximum atomic E-state index is 10.7. The highest BCUT2D eigenvalue weighted by atomic mass is 16.5. The molecular weight excluding hydrogens is 464 g/mol. The van der Waals surface area contributed by atoms with Gasteiger partial charge in [-0.25, -0.2) is 0 Å². The van der Waals surface area contributed by atoms with Gasteiger partial charge in [0, 0.05) is 28.7 Å². The Kier molecular flexibility index (Phi) is 8.54. The summed E-state index contributed by atoms with van der Waals surface area (Å²) < 4.78 is 5.23. The molecule has 0 aromatic heterocycles. The van der Waals surface area contributed by atoms with Crippen LogP contribution in [-0.4, -0.2) is 46.9 Å². The predicted molar refractivity (Wildman–Crippen MR) is 148 cm³/mol. The number of nitrogens with zero attached hydrogens (tertiary/aromatic N) is 2. The number of phenols is 2. The molecule has 2 atom stereocenters. The summed E-state index contributed by atoms with van der Waals surface area (Å²) in [6, 6.07) is 20.1. The molecule has 0 saturated heterocycles. The summed E-state index contributed by atoms with van der Waals surface area (Å²) in [6.07, 6.45) is 8.23. The first-order chi connectivity index (χ1) is 18.0. The third-order valence-corrected chi connectivity index (χ3v) is 6.41. The Hall–Kier alpha value is -4.16. The van der Waals surface area contributed by atoms with Crippen molar-refractivity contribution < 1.29 is 20.1 Å². The quantitative estimate of drug-likeness (QED) is 0.277. The highest BCUT2D eigenvalue weighted by molar-refractivity contribution is 6.14. The van der Waals surface area contributed by atoms with Gasteiger partial charge in [0.05, 0.1) is 38.2 Å². The Labute approximate surface area is 217 Å². The fraction of sp³-hybridized carbons (Fsp3) is 0.226. The highest BCUT2D eigenvalue weighted by Gasteiger charge is 2.23. The average molecular weight is 497 g/mol. The van der Waals surface area contributed by atoms with Gasteiger partial charge in [0.15, 0.2) is 0 Å². The van der Waals surface area contributed by atoms with Gasteiger partial charge < -0.3 is 20.1 Å². The summed E-state index contributed by atoms with van der Waals surface area (Å²) in [5.74, 6) is 0.961. The van der Waals surface area contributed by atoms with Crippen LogP contribution in [0.4, 0.5) is 0 Å². The molecule has 3 aromatic rings. The summed E-state index contributed by atoms with van der Waals surface area (Å²) in [5.41, 5.74) is 4.24. The smallest absolute Gasteiger partial charge is 0.128 e. The molecule has 0 spiro atoms. The van der Waals surface area contributed by atoms with Crippen LogP contribution in [0.5, 0.6) is 17.2 Å². The van der Waals surface area contributed by atoms with E-state index in [2.05, 4.69) is 19.1 Å². The lowest BCUT2D eigenvalue weighted by Gasteiger charge is -2.23. The van der Waals surface area contributed by atoms with E-state index in [1.165, 1.54) is 0 Å². The molecule has 1 aliphatic carbocycles. The summed E-state index contributed by atoms with van der Waals surface area (Å²) in [7, 11) is 1.56. The third-order valence-electron chi connectivity index (χ3n) is 6.41. The molecule has 4 rings (SSSR count). The average Bonchev–Trinajstić information content (AvgIpc) is 2.92. The van der Waals surface area contributed by atoms with Crippen LogP contribution in [0.2, 0.25) is 0 Å². The maximum absolute atomic E-state index is 10.7. The second-order valence-corrected chi connectivity index (χ2v) is 8.91. The van der Waals surface area contributed by atoms with Crippen molar-refractivity contribution in [3.8, 4) is 17.2 Å². The topological polar surface area (TPSA) is 94.6 Å². The Morgan fingerprint density at radius 2 is 1.54 bits per heavy atom. The van der Waals surface area contributed by atoms with Gasteiger partial charge in [-0.3, -0.25) is 9.98 Å². The SMILES string of the molecule is COc1ccc(C(=NCCN=C(c2ccc(CO)cc2O)C2C=CC=CC2C)c2ccccc2)c(O)c1. The lowest BCUT2D eigenvalue weighted by Crippen LogP contribution is -2.22. The van der Waals surface area contributed by atoms with E-state index >= 15 is 0 Å². The van der Waals surface area contributed by atoms with Crippen molar-refractivity contribution in [2.75, 3.05) is 20.2 Å². The van der Waals surface area contributed by atoms with E-state index in [1.54, 1.807) is 37.4 Å². The molecular formula is C31H32N2O4. The van der Waals surface area contributed by atoms with E-state index in [1.807, 2.05) is 48.6 Å². The Morgan fingerprint density at radius 3 is 2.22 bits per heavy atom. The van der Waals surface area contributed by atoms with Gasteiger partial charge in [0.2, 0.25) is 0 Å². The molecule has 0 aliphatic heterocycles. The number of rotatable bonds is 9. The summed E-state index contributed by atoms with van der Waals surface area (Å²) in [6.45, 7) is 2.76. The lowest BCUT2D eigenvalue weighted by molar-refractivity contribution is 0.281. The fourth-order valence-corrected chi connectivity index (χ4v) is 4.42. The molecule has 2 unspecified atom stereocenters. The van der Waals surface area contributed by atoms with Gasteiger partial charge >= 0.3 is 0 Å². The second kappa shape index (κ2) is 12.2. The van der Waals surface area contributed by atoms with Crippen molar-refractivity contribution in [1.29, 1.82) is 0 Å². The summed E-state index contributed by atoms with van der Waals surface area (Å²) in [4.78, 5) is 9.75. The molecule has 1 aliphatic rings. The van der Waals surface area contributed by atoms with Crippen LogP contribution in [0.15, 0.2) is 101 Å². The van der Waals surface area contributed by atoms with Crippen molar-refractivity contribution in [3.05, 3.63) is 113 Å². The van der Waals surface area contributed by atoms with E-state index in [0.717, 1.165) is 11.3 Å². The predicted octanol–water partition coefficient (Wildman–Crippen LogP) is 5.30. The van der Waals surface area contributed by atoms with Crippen LogP contribution in [0.1, 0.15) is 29.2 Å². The van der Waals surface area contributed by atoms with Crippen LogP contribution in [0, 0.1) is 11.8 Å². The minimum absolute atomic E-state index is 0.000850. The molecule has 3 aromatic carbocycles. The van der Waals surface area contributed by atoms with E-state index < -0.39 is 0 Å². The number of aliphatic hydroxyl groups excluding tert-OH is 1. The molecule has 190 valence electrons. The third kappa shape index (κ3) is 6.16. The first-order valence-electron chi connectivity index (χ1n) is 12.3. The molecule has 0 amide bonds. The van der Waals surface area contributed by atoms with Gasteiger partial charge in [-0.05, 0) is 35.7 Å². The second-order valence-electron chi connectivity index (χ2n) is 8.91. The molecule has 0 saturated carbocycles. The number of ether oxygens (including phenoxy) is 1. The number of hydrogen-bond donors (Lipinski definition) is 3. The van der Waals surface area contributed by atoms with Crippen molar-refractivity contribution in [3.63, 3.8) is 0 Å². The Bertz CT molecular complexity index is 1340. The molecule has 3 N–H and O–H groups in total. The van der Waals surface area contributed by atoms with Gasteiger partial charge in [0.1, 0.15) is 17.2 Å². The van der Waals surface area contributed by atoms with Crippen LogP contribution in [-0.2, 0) is 6.61 Å². The molecule has 0 heterocycles. The van der Waals surface area contributed by atoms with Crippen LogP contribution in [0.3, 0.4) is 0 Å². The molecule has 0 bridgehead atoms. The van der Waals surface area contributed by atoms with Crippen molar-refractivity contribution in [1.82, 2.24) is 0 Å². The van der Waals surface area contributed by atoms with Crippen LogP contribution in [0.25, 0.3) is 0 Å². The van der Waals surface area contributed by atoms with E-state index in [-0.39, 0.29) is 29.9 Å². The molecule has 6 nitrogen and oxygen atoms in total. The van der Waals surface area contributed by atoms with Crippen LogP contribution >= 0.6 is 0 Å². The number of aliphatic imine (C=N–C) groups is 2. The van der Waals surface area contributed by atoms with E-state index in [4.69, 9.17) is 14.7 Å². The zero-order chi connectivity index (χ0) is 26.2. The normalized spacial score (nSPS) is 17.7. The standard InChI is InChI=1S/C31H32N2O4/c1-21-8-6-7-11-25(21)31(27-14-12-22(20-34)18-28(27)35)33-17-16-32-30(23-9-4-3-5-10-23)26-15-13-24(37-2)19-29(26)36/h3-15,18-19,21,25,34-36H,16-17,20H2,1-2H3. The molecule has 0 fully saturated rings. The highest BCUT2D eigenvalue weighted by Crippen LogP contribution is 2.30. The summed E-state index contributed by atoms with van der Waals surface area (Å²) in [5, 5.41) is 30.8. The lowest BCUT2D eigenvalue weighted by atomic mass is 9.83. The molecule has 37 heavy (non-hydrogen) atoms. The number of aromatic hydroxyl groups is 2. The minimum atomic E-state index is -0.141. The van der Waals surface area contributed by atoms with Crippen molar-refractivity contribution in [2.24, 2.45) is 21.8 Å². The monoisotopic (exact) mass is 496 g/mol. The number of allylic oxidation sites excluding steroid dienone is 4. The minimum Gasteiger partial charge on any atom is -0.507 e. The van der Waals surface area contributed by atoms with Gasteiger partial charge in [0.25, 0.3) is 0 Å². The number of methoxy groups -OCH3 is 1. The van der Waals surface area contributed by atoms with Gasteiger partial charge in [-0.15, -0.1) is 0 Å². The molecule has 0 radical (unpaired) electrons. The Morgan fingerprint density at radius 1 is 0.838 bits per heavy atom. The first kappa shape index (κ1) is 25.9. The number of phenolic OH excluding ortho intramolecular Hbond substituents is 2. The van der Waals surface area contributed by atoms with Crippen molar-refractivity contribution >= 4 is 11.4 Å². The first-order valence-corrected chi connectivity index (χ1v) is 12.3. The number of hydrogen-bond acceptors (Lipinski definition) is 6. The summed E-state index contributed by atoms with van der Waals surface area (Å²) >= 11 is 0. The van der Waals surface area contributed by atoms with Gasteiger partial charge in [-0.2, -0.15) is 0 Å². The largest absolute Gasteiger partial charge is 0.507 e. The zero-order valence-electron chi connectivity index (χ0n) is 21.1. The van der Waals surface area contributed by atoms with Crippen LogP contribution < -0.4 is 4.74 Å². The molecule has 6 heteroatoms. The Balaban J connectivity index is 1.67. The van der Waals surface area contributed by atoms with Gasteiger partial charge in [-0.1, -0.05) is 67.6 Å². The zero-order valence-corrected chi connectivity index (χ0v) is 21.1. The number of benzene rings is 3. The number of aliphatic hydroxyl groups is 1. The fourth-order valence-electron chi connectivity index (χ4n) is 4.42.